The van der Waals surface area contributed by atoms with E-state index in [0.29, 0.717) is 25.9 Å². The number of hydrogen-bond acceptors (Lipinski definition) is 10. The van der Waals surface area contributed by atoms with Crippen molar-refractivity contribution in [2.45, 2.75) is 46.7 Å². The van der Waals surface area contributed by atoms with Gasteiger partial charge < -0.3 is 19.3 Å². The van der Waals surface area contributed by atoms with Gasteiger partial charge in [0.25, 0.3) is 0 Å². The lowest BCUT2D eigenvalue weighted by molar-refractivity contribution is -0.106. The molecule has 0 aliphatic rings. The van der Waals surface area contributed by atoms with Crippen LogP contribution in [0.2, 0.25) is 0 Å². The molecule has 9 nitrogen and oxygen atoms in total. The number of methoxy groups -OCH3 is 2. The number of ether oxygens (including phenoxy) is 3. The van der Waals surface area contributed by atoms with Gasteiger partial charge in [-0.1, -0.05) is 18.2 Å². The lowest BCUT2D eigenvalue weighted by Crippen LogP contribution is -2.31. The Kier molecular flexibility index (Phi) is 9.60. The van der Waals surface area contributed by atoms with Crippen LogP contribution in [0.4, 0.5) is 9.80 Å². The number of phenols is 1. The highest BCUT2D eigenvalue weighted by Gasteiger charge is 2.25. The van der Waals surface area contributed by atoms with Gasteiger partial charge in [-0.3, -0.25) is 5.32 Å². The maximum absolute atomic E-state index is 13.6. The molecule has 3 aromatic rings. The molecule has 0 saturated heterocycles. The monoisotopic (exact) mass is 578 g/mol. The standard InChI is InChI=1S/C26H30N2O7S3/c1-26(2,3)35-25(30)28-15-27-22-14-21(24(36-6)37-22)38(31,32)18-9-7-8-16(12-18)17-10-11-20(29)19(13-17)23(33-4)34-5/h7-15,23,29H,1-6H3,(H,27,28,30). The van der Waals surface area contributed by atoms with Gasteiger partial charge in [0, 0.05) is 14.2 Å². The lowest BCUT2D eigenvalue weighted by Gasteiger charge is -2.18. The Balaban J connectivity index is 1.92. The van der Waals surface area contributed by atoms with E-state index in [4.69, 9.17) is 14.2 Å². The zero-order valence-electron chi connectivity index (χ0n) is 21.8. The van der Waals surface area contributed by atoms with Crippen LogP contribution in [0.15, 0.2) is 67.5 Å². The molecule has 12 heteroatoms. The van der Waals surface area contributed by atoms with Crippen LogP contribution in [0.3, 0.4) is 0 Å². The van der Waals surface area contributed by atoms with E-state index in [9.17, 15) is 18.3 Å². The summed E-state index contributed by atoms with van der Waals surface area (Å²) in [5, 5.41) is 13.1. The summed E-state index contributed by atoms with van der Waals surface area (Å²) >= 11 is 2.49. The molecule has 0 aliphatic carbocycles. The summed E-state index contributed by atoms with van der Waals surface area (Å²) in [5.74, 6) is 0.00311. The maximum Gasteiger partial charge on any atom is 0.412 e. The SMILES string of the molecule is COC(OC)c1cc(-c2cccc(S(=O)(=O)c3cc(N=CNC(=O)OC(C)(C)C)sc3SC)c2)ccc1O. The smallest absolute Gasteiger partial charge is 0.412 e. The fraction of sp³-hybridized carbons (Fsp3) is 0.308. The van der Waals surface area contributed by atoms with Gasteiger partial charge in [0.05, 0.1) is 25.9 Å². The Bertz CT molecular complexity index is 1420. The van der Waals surface area contributed by atoms with Gasteiger partial charge in [0.15, 0.2) is 6.29 Å². The topological polar surface area (TPSA) is 124 Å². The van der Waals surface area contributed by atoms with E-state index in [2.05, 4.69) is 10.3 Å². The predicted molar refractivity (Wildman–Crippen MR) is 149 cm³/mol. The molecule has 2 N–H and O–H groups in total. The average Bonchev–Trinajstić information content (AvgIpc) is 3.29. The molecule has 0 atom stereocenters. The van der Waals surface area contributed by atoms with E-state index >= 15 is 0 Å². The molecule has 204 valence electrons. The van der Waals surface area contributed by atoms with Crippen molar-refractivity contribution in [3.63, 3.8) is 0 Å². The van der Waals surface area contributed by atoms with Crippen molar-refractivity contribution >= 4 is 50.4 Å². The van der Waals surface area contributed by atoms with E-state index in [1.54, 1.807) is 57.4 Å². The first-order valence-electron chi connectivity index (χ1n) is 11.3. The van der Waals surface area contributed by atoms with Crippen LogP contribution in [0, 0.1) is 0 Å². The molecule has 0 bridgehead atoms. The lowest BCUT2D eigenvalue weighted by atomic mass is 10.0. The third-order valence-electron chi connectivity index (χ3n) is 5.09. The number of aliphatic imine (C=N–C) groups is 1. The second-order valence-electron chi connectivity index (χ2n) is 8.95. The number of hydrogen-bond donors (Lipinski definition) is 2. The number of phenolic OH excluding ortho intramolecular Hbond substituents is 1. The highest BCUT2D eigenvalue weighted by molar-refractivity contribution is 8.01. The Labute approximate surface area is 230 Å². The Morgan fingerprint density at radius 1 is 1.11 bits per heavy atom. The Hall–Kier alpha value is -2.90. The van der Waals surface area contributed by atoms with Crippen LogP contribution in [0.1, 0.15) is 32.6 Å². The molecular formula is C26H30N2O7S3. The number of alkyl carbamates (subject to hydrolysis) is 1. The van der Waals surface area contributed by atoms with Crippen molar-refractivity contribution in [3.05, 3.63) is 54.1 Å². The first kappa shape index (κ1) is 29.7. The number of carbonyl (C=O) groups is 1. The number of sulfone groups is 1. The van der Waals surface area contributed by atoms with E-state index in [0.717, 1.165) is 0 Å². The number of rotatable bonds is 9. The molecule has 2 aromatic carbocycles. The summed E-state index contributed by atoms with van der Waals surface area (Å²) in [7, 11) is -0.972. The van der Waals surface area contributed by atoms with Gasteiger partial charge in [-0.15, -0.1) is 23.1 Å². The minimum absolute atomic E-state index is 0.00311. The van der Waals surface area contributed by atoms with Gasteiger partial charge in [-0.25, -0.2) is 18.2 Å². The van der Waals surface area contributed by atoms with Crippen LogP contribution < -0.4 is 5.32 Å². The van der Waals surface area contributed by atoms with Crippen LogP contribution in [0.25, 0.3) is 11.1 Å². The third kappa shape index (κ3) is 7.14. The number of benzene rings is 2. The van der Waals surface area contributed by atoms with E-state index in [1.807, 2.05) is 0 Å². The summed E-state index contributed by atoms with van der Waals surface area (Å²) in [6.07, 6.45) is 1.53. The number of carbonyl (C=O) groups excluding carboxylic acids is 1. The first-order valence-corrected chi connectivity index (χ1v) is 14.9. The van der Waals surface area contributed by atoms with Crippen molar-refractivity contribution in [1.82, 2.24) is 5.32 Å². The van der Waals surface area contributed by atoms with Gasteiger partial charge in [-0.2, -0.15) is 0 Å². The summed E-state index contributed by atoms with van der Waals surface area (Å²) in [6.45, 7) is 5.24. The molecular weight excluding hydrogens is 548 g/mol. The van der Waals surface area contributed by atoms with E-state index < -0.39 is 27.8 Å². The quantitative estimate of drug-likeness (QED) is 0.134. The molecule has 0 saturated carbocycles. The van der Waals surface area contributed by atoms with Crippen LogP contribution >= 0.6 is 23.1 Å². The number of thioether (sulfide) groups is 1. The first-order chi connectivity index (χ1) is 17.9. The van der Waals surface area contributed by atoms with Gasteiger partial charge in [0.1, 0.15) is 16.4 Å². The molecule has 1 amide bonds. The van der Waals surface area contributed by atoms with Crippen molar-refractivity contribution in [2.75, 3.05) is 20.5 Å². The second-order valence-corrected chi connectivity index (χ2v) is 13.0. The zero-order chi connectivity index (χ0) is 28.1. The summed E-state index contributed by atoms with van der Waals surface area (Å²) < 4.78 is 43.5. The van der Waals surface area contributed by atoms with E-state index in [1.165, 1.54) is 61.9 Å². The number of aromatic hydroxyl groups is 1. The van der Waals surface area contributed by atoms with Gasteiger partial charge in [0.2, 0.25) is 9.84 Å². The number of nitrogens with zero attached hydrogens (tertiary/aromatic N) is 1. The van der Waals surface area contributed by atoms with Crippen molar-refractivity contribution in [2.24, 2.45) is 4.99 Å². The molecule has 1 heterocycles. The van der Waals surface area contributed by atoms with Crippen molar-refractivity contribution in [3.8, 4) is 16.9 Å². The molecule has 0 aliphatic heterocycles. The average molecular weight is 579 g/mol. The summed E-state index contributed by atoms with van der Waals surface area (Å²) in [4.78, 5) is 16.3. The normalized spacial score (nSPS) is 12.3. The van der Waals surface area contributed by atoms with E-state index in [-0.39, 0.29) is 15.5 Å². The minimum Gasteiger partial charge on any atom is -0.507 e. The minimum atomic E-state index is -3.90. The highest BCUT2D eigenvalue weighted by atomic mass is 32.2. The fourth-order valence-electron chi connectivity index (χ4n) is 3.44. The molecule has 0 radical (unpaired) electrons. The molecule has 0 unspecified atom stereocenters. The molecule has 0 spiro atoms. The summed E-state index contributed by atoms with van der Waals surface area (Å²) in [5.41, 5.74) is 1.09. The summed E-state index contributed by atoms with van der Waals surface area (Å²) in [6, 6.07) is 12.9. The van der Waals surface area contributed by atoms with Crippen molar-refractivity contribution in [1.29, 1.82) is 0 Å². The second kappa shape index (κ2) is 12.3. The predicted octanol–water partition coefficient (Wildman–Crippen LogP) is 6.15. The fourth-order valence-corrected chi connectivity index (χ4v) is 7.31. The Morgan fingerprint density at radius 2 is 1.79 bits per heavy atom. The molecule has 1 aromatic heterocycles. The highest BCUT2D eigenvalue weighted by Crippen LogP contribution is 2.41. The van der Waals surface area contributed by atoms with Crippen molar-refractivity contribution < 1.29 is 32.5 Å². The molecule has 38 heavy (non-hydrogen) atoms. The van der Waals surface area contributed by atoms with Gasteiger partial charge >= 0.3 is 6.09 Å². The Morgan fingerprint density at radius 3 is 2.42 bits per heavy atom. The molecule has 0 fully saturated rings. The number of thiophene rings is 1. The number of amides is 1. The maximum atomic E-state index is 13.6. The molecule has 3 rings (SSSR count). The largest absolute Gasteiger partial charge is 0.507 e. The third-order valence-corrected chi connectivity index (χ3v) is 9.30. The zero-order valence-corrected chi connectivity index (χ0v) is 24.3. The number of nitrogens with one attached hydrogen (secondary N) is 1. The van der Waals surface area contributed by atoms with Crippen LogP contribution in [-0.4, -0.2) is 52.0 Å². The van der Waals surface area contributed by atoms with Crippen LogP contribution in [-0.2, 0) is 24.0 Å². The van der Waals surface area contributed by atoms with Crippen LogP contribution in [0.5, 0.6) is 5.75 Å². The van der Waals surface area contributed by atoms with Gasteiger partial charge in [-0.05, 0) is 68.5 Å².